The number of nitrogens with one attached hydrogen (secondary N) is 1. The predicted molar refractivity (Wildman–Crippen MR) is 80.2 cm³/mol. The summed E-state index contributed by atoms with van der Waals surface area (Å²) in [5, 5.41) is 10.9. The standard InChI is InChI=1S/C15H16F3N5/c1-10-4-5-13(22-21-10)23-8-11(9-23)7-20-14-12(15(16,17)18)3-2-6-19-14/h2-6,11H,7-9H2,1H3,(H,19,20). The average Bonchev–Trinajstić information content (AvgIpc) is 2.47. The molecular formula is C15H16F3N5. The first kappa shape index (κ1) is 15.5. The number of pyridine rings is 1. The lowest BCUT2D eigenvalue weighted by molar-refractivity contribution is -0.137. The summed E-state index contributed by atoms with van der Waals surface area (Å²) in [6, 6.07) is 6.10. The Hall–Kier alpha value is -2.38. The molecule has 1 aliphatic rings. The third-order valence-corrected chi connectivity index (χ3v) is 3.74. The Bertz CT molecular complexity index is 666. The lowest BCUT2D eigenvalue weighted by Gasteiger charge is -2.40. The fourth-order valence-corrected chi connectivity index (χ4v) is 2.46. The highest BCUT2D eigenvalue weighted by Crippen LogP contribution is 2.33. The highest BCUT2D eigenvalue weighted by molar-refractivity contribution is 5.46. The number of aryl methyl sites for hydroxylation is 1. The van der Waals surface area contributed by atoms with Crippen molar-refractivity contribution in [1.29, 1.82) is 0 Å². The number of alkyl halides is 3. The lowest BCUT2D eigenvalue weighted by Crippen LogP contribution is -2.50. The number of halogens is 3. The van der Waals surface area contributed by atoms with Crippen LogP contribution >= 0.6 is 0 Å². The van der Waals surface area contributed by atoms with Crippen LogP contribution in [0.15, 0.2) is 30.5 Å². The van der Waals surface area contributed by atoms with Crippen LogP contribution in [-0.4, -0.2) is 34.8 Å². The number of aromatic nitrogens is 3. The maximum absolute atomic E-state index is 12.9. The topological polar surface area (TPSA) is 53.9 Å². The zero-order chi connectivity index (χ0) is 16.4. The van der Waals surface area contributed by atoms with Gasteiger partial charge in [-0.1, -0.05) is 0 Å². The monoisotopic (exact) mass is 323 g/mol. The van der Waals surface area contributed by atoms with Gasteiger partial charge < -0.3 is 10.2 Å². The number of nitrogens with zero attached hydrogens (tertiary/aromatic N) is 4. The Labute approximate surface area is 131 Å². The lowest BCUT2D eigenvalue weighted by atomic mass is 10.00. The Balaban J connectivity index is 1.55. The average molecular weight is 323 g/mol. The van der Waals surface area contributed by atoms with E-state index in [1.165, 1.54) is 12.3 Å². The third-order valence-electron chi connectivity index (χ3n) is 3.74. The van der Waals surface area contributed by atoms with Crippen LogP contribution in [0.1, 0.15) is 11.3 Å². The molecule has 0 spiro atoms. The second kappa shape index (κ2) is 6.02. The fraction of sp³-hybridized carbons (Fsp3) is 0.400. The van der Waals surface area contributed by atoms with Crippen LogP contribution in [0.3, 0.4) is 0 Å². The van der Waals surface area contributed by atoms with Crippen molar-refractivity contribution in [3.63, 3.8) is 0 Å². The second-order valence-corrected chi connectivity index (χ2v) is 5.58. The molecule has 3 heterocycles. The molecule has 1 saturated heterocycles. The van der Waals surface area contributed by atoms with Gasteiger partial charge in [-0.15, -0.1) is 5.10 Å². The molecule has 0 aromatic carbocycles. The molecule has 2 aromatic heterocycles. The summed E-state index contributed by atoms with van der Waals surface area (Å²) in [7, 11) is 0. The summed E-state index contributed by atoms with van der Waals surface area (Å²) < 4.78 is 38.6. The van der Waals surface area contributed by atoms with Crippen molar-refractivity contribution >= 4 is 11.6 Å². The van der Waals surface area contributed by atoms with Gasteiger partial charge in [-0.25, -0.2) is 4.98 Å². The molecule has 0 radical (unpaired) electrons. The molecule has 122 valence electrons. The first-order valence-electron chi connectivity index (χ1n) is 7.25. The van der Waals surface area contributed by atoms with Crippen molar-refractivity contribution in [2.24, 2.45) is 5.92 Å². The summed E-state index contributed by atoms with van der Waals surface area (Å²) in [6.07, 6.45) is -3.05. The molecule has 0 saturated carbocycles. The molecule has 0 atom stereocenters. The molecule has 0 amide bonds. The third kappa shape index (κ3) is 3.52. The van der Waals surface area contributed by atoms with Gasteiger partial charge in [0.25, 0.3) is 0 Å². The van der Waals surface area contributed by atoms with Gasteiger partial charge in [0.1, 0.15) is 5.82 Å². The highest BCUT2D eigenvalue weighted by Gasteiger charge is 2.35. The van der Waals surface area contributed by atoms with Gasteiger partial charge >= 0.3 is 6.18 Å². The SMILES string of the molecule is Cc1ccc(N2CC(CNc3ncccc3C(F)(F)F)C2)nn1. The fourth-order valence-electron chi connectivity index (χ4n) is 2.46. The molecule has 1 aliphatic heterocycles. The van der Waals surface area contributed by atoms with E-state index >= 15 is 0 Å². The molecule has 23 heavy (non-hydrogen) atoms. The van der Waals surface area contributed by atoms with Crippen LogP contribution in [0.2, 0.25) is 0 Å². The van der Waals surface area contributed by atoms with Gasteiger partial charge in [0, 0.05) is 31.7 Å². The summed E-state index contributed by atoms with van der Waals surface area (Å²) in [5.74, 6) is 0.926. The van der Waals surface area contributed by atoms with E-state index < -0.39 is 11.7 Å². The molecule has 1 fully saturated rings. The van der Waals surface area contributed by atoms with Crippen molar-refractivity contribution in [3.8, 4) is 0 Å². The molecule has 8 heteroatoms. The zero-order valence-corrected chi connectivity index (χ0v) is 12.5. The van der Waals surface area contributed by atoms with Crippen LogP contribution in [0.4, 0.5) is 24.8 Å². The van der Waals surface area contributed by atoms with E-state index in [9.17, 15) is 13.2 Å². The Morgan fingerprint density at radius 3 is 2.65 bits per heavy atom. The Morgan fingerprint density at radius 2 is 2.00 bits per heavy atom. The molecule has 5 nitrogen and oxygen atoms in total. The highest BCUT2D eigenvalue weighted by atomic mass is 19.4. The van der Waals surface area contributed by atoms with Crippen molar-refractivity contribution in [3.05, 3.63) is 41.7 Å². The van der Waals surface area contributed by atoms with Crippen molar-refractivity contribution in [2.45, 2.75) is 13.1 Å². The second-order valence-electron chi connectivity index (χ2n) is 5.58. The summed E-state index contributed by atoms with van der Waals surface area (Å²) in [6.45, 7) is 3.78. The van der Waals surface area contributed by atoms with E-state index in [-0.39, 0.29) is 11.7 Å². The maximum atomic E-state index is 12.9. The first-order valence-corrected chi connectivity index (χ1v) is 7.25. The van der Waals surface area contributed by atoms with Gasteiger partial charge in [0.05, 0.1) is 11.3 Å². The maximum Gasteiger partial charge on any atom is 0.419 e. The van der Waals surface area contributed by atoms with Crippen molar-refractivity contribution in [2.75, 3.05) is 29.9 Å². The van der Waals surface area contributed by atoms with E-state index in [4.69, 9.17) is 0 Å². The first-order chi connectivity index (χ1) is 10.9. The number of hydrogen-bond donors (Lipinski definition) is 1. The van der Waals surface area contributed by atoms with E-state index in [1.54, 1.807) is 0 Å². The normalized spacial score (nSPS) is 15.4. The van der Waals surface area contributed by atoms with Gasteiger partial charge in [0.15, 0.2) is 5.82 Å². The van der Waals surface area contributed by atoms with E-state index in [0.717, 1.165) is 30.7 Å². The quantitative estimate of drug-likeness (QED) is 0.938. The summed E-state index contributed by atoms with van der Waals surface area (Å²) in [4.78, 5) is 5.84. The zero-order valence-electron chi connectivity index (χ0n) is 12.5. The number of hydrogen-bond acceptors (Lipinski definition) is 5. The Morgan fingerprint density at radius 1 is 1.22 bits per heavy atom. The van der Waals surface area contributed by atoms with Crippen molar-refractivity contribution < 1.29 is 13.2 Å². The number of rotatable bonds is 4. The molecule has 0 bridgehead atoms. The van der Waals surface area contributed by atoms with Crippen LogP contribution in [0, 0.1) is 12.8 Å². The minimum absolute atomic E-state index is 0.117. The van der Waals surface area contributed by atoms with Crippen molar-refractivity contribution in [1.82, 2.24) is 15.2 Å². The smallest absolute Gasteiger partial charge is 0.369 e. The van der Waals surface area contributed by atoms with E-state index in [2.05, 4.69) is 20.5 Å². The van der Waals surface area contributed by atoms with Gasteiger partial charge in [-0.3, -0.25) is 0 Å². The van der Waals surface area contributed by atoms with Crippen LogP contribution in [-0.2, 0) is 6.18 Å². The van der Waals surface area contributed by atoms with Crippen LogP contribution in [0.5, 0.6) is 0 Å². The summed E-state index contributed by atoms with van der Waals surface area (Å²) >= 11 is 0. The molecule has 0 unspecified atom stereocenters. The van der Waals surface area contributed by atoms with Gasteiger partial charge in [-0.05, 0) is 31.2 Å². The molecular weight excluding hydrogens is 307 g/mol. The minimum atomic E-state index is -4.40. The predicted octanol–water partition coefficient (Wildman–Crippen LogP) is 2.75. The largest absolute Gasteiger partial charge is 0.419 e. The molecule has 3 rings (SSSR count). The Kier molecular flexibility index (Phi) is 4.06. The van der Waals surface area contributed by atoms with Crippen LogP contribution in [0.25, 0.3) is 0 Å². The van der Waals surface area contributed by atoms with Gasteiger partial charge in [0.2, 0.25) is 0 Å². The minimum Gasteiger partial charge on any atom is -0.369 e. The summed E-state index contributed by atoms with van der Waals surface area (Å²) in [5.41, 5.74) is 0.114. The van der Waals surface area contributed by atoms with E-state index in [0.29, 0.717) is 6.54 Å². The molecule has 0 aliphatic carbocycles. The molecule has 2 aromatic rings. The van der Waals surface area contributed by atoms with Crippen LogP contribution < -0.4 is 10.2 Å². The van der Waals surface area contributed by atoms with Gasteiger partial charge in [-0.2, -0.15) is 18.3 Å². The van der Waals surface area contributed by atoms with E-state index in [1.807, 2.05) is 24.0 Å². The number of anilines is 2. The molecule has 1 N–H and O–H groups in total.